The van der Waals surface area contributed by atoms with Crippen LogP contribution in [0.4, 0.5) is 5.82 Å². The van der Waals surface area contributed by atoms with Crippen molar-refractivity contribution >= 4 is 22.5 Å². The standard InChI is InChI=1S/C20H22N4/c1-3-15-14(2)16(13-21)19-22-17-9-5-6-10-18(17)24(19)20(15)23-11-7-4-8-12-23/h5-6,9-10H,3-4,7-8,11-12H2,1-2H3. The molecule has 24 heavy (non-hydrogen) atoms. The van der Waals surface area contributed by atoms with Crippen molar-refractivity contribution < 1.29 is 0 Å². The van der Waals surface area contributed by atoms with Gasteiger partial charge in [0, 0.05) is 13.1 Å². The number of hydrogen-bond acceptors (Lipinski definition) is 3. The van der Waals surface area contributed by atoms with Crippen LogP contribution < -0.4 is 4.90 Å². The predicted octanol–water partition coefficient (Wildman–Crippen LogP) is 4.22. The normalized spacial score (nSPS) is 15.1. The lowest BCUT2D eigenvalue weighted by atomic mass is 10.0. The van der Waals surface area contributed by atoms with Crippen molar-refractivity contribution in [3.8, 4) is 6.07 Å². The zero-order valence-electron chi connectivity index (χ0n) is 14.3. The van der Waals surface area contributed by atoms with E-state index in [4.69, 9.17) is 4.98 Å². The molecule has 0 bridgehead atoms. The fraction of sp³-hybridized carbons (Fsp3) is 0.400. The molecule has 0 radical (unpaired) electrons. The highest BCUT2D eigenvalue weighted by atomic mass is 15.2. The Balaban J connectivity index is 2.16. The van der Waals surface area contributed by atoms with Crippen LogP contribution in [0.15, 0.2) is 24.3 Å². The van der Waals surface area contributed by atoms with Gasteiger partial charge < -0.3 is 4.90 Å². The second-order valence-electron chi connectivity index (χ2n) is 6.57. The molecule has 3 heterocycles. The number of hydrogen-bond donors (Lipinski definition) is 0. The van der Waals surface area contributed by atoms with E-state index in [1.807, 2.05) is 18.2 Å². The van der Waals surface area contributed by atoms with Crippen molar-refractivity contribution in [1.29, 1.82) is 5.26 Å². The molecule has 2 aromatic heterocycles. The van der Waals surface area contributed by atoms with Gasteiger partial charge in [0.2, 0.25) is 0 Å². The SMILES string of the molecule is CCc1c(C)c(C#N)c2nc3ccccc3n2c1N1CCCCC1. The summed E-state index contributed by atoms with van der Waals surface area (Å²) in [6, 6.07) is 10.6. The van der Waals surface area contributed by atoms with E-state index in [1.165, 1.54) is 30.6 Å². The minimum absolute atomic E-state index is 0.712. The molecule has 3 aromatic rings. The van der Waals surface area contributed by atoms with Crippen LogP contribution >= 0.6 is 0 Å². The van der Waals surface area contributed by atoms with Crippen molar-refractivity contribution in [2.45, 2.75) is 39.5 Å². The first-order valence-electron chi connectivity index (χ1n) is 8.84. The van der Waals surface area contributed by atoms with Gasteiger partial charge in [0.1, 0.15) is 11.9 Å². The van der Waals surface area contributed by atoms with Crippen molar-refractivity contribution in [2.75, 3.05) is 18.0 Å². The molecule has 0 saturated carbocycles. The molecule has 4 heteroatoms. The maximum atomic E-state index is 9.75. The topological polar surface area (TPSA) is 44.3 Å². The van der Waals surface area contributed by atoms with Gasteiger partial charge in [-0.15, -0.1) is 0 Å². The quantitative estimate of drug-likeness (QED) is 0.710. The largest absolute Gasteiger partial charge is 0.357 e. The van der Waals surface area contributed by atoms with Gasteiger partial charge in [-0.2, -0.15) is 5.26 Å². The Kier molecular flexibility index (Phi) is 3.65. The Labute approximate surface area is 142 Å². The third-order valence-corrected chi connectivity index (χ3v) is 5.21. The molecule has 0 atom stereocenters. The van der Waals surface area contributed by atoms with Gasteiger partial charge in [-0.3, -0.25) is 4.40 Å². The van der Waals surface area contributed by atoms with Gasteiger partial charge >= 0.3 is 0 Å². The van der Waals surface area contributed by atoms with E-state index in [-0.39, 0.29) is 0 Å². The van der Waals surface area contributed by atoms with Crippen LogP contribution in [-0.4, -0.2) is 22.5 Å². The molecule has 1 saturated heterocycles. The molecule has 1 aliphatic rings. The molecule has 0 aliphatic carbocycles. The van der Waals surface area contributed by atoms with Gasteiger partial charge in [0.05, 0.1) is 16.6 Å². The molecule has 0 unspecified atom stereocenters. The highest BCUT2D eigenvalue weighted by Crippen LogP contribution is 2.34. The first kappa shape index (κ1) is 15.0. The lowest BCUT2D eigenvalue weighted by Gasteiger charge is -2.32. The molecular weight excluding hydrogens is 296 g/mol. The van der Waals surface area contributed by atoms with Crippen molar-refractivity contribution in [2.24, 2.45) is 0 Å². The van der Waals surface area contributed by atoms with Crippen LogP contribution in [0.25, 0.3) is 16.7 Å². The summed E-state index contributed by atoms with van der Waals surface area (Å²) in [5, 5.41) is 9.75. The zero-order chi connectivity index (χ0) is 16.7. The average Bonchev–Trinajstić information content (AvgIpc) is 3.00. The number of piperidine rings is 1. The van der Waals surface area contributed by atoms with Crippen LogP contribution in [0.1, 0.15) is 42.9 Å². The van der Waals surface area contributed by atoms with Crippen molar-refractivity contribution in [3.63, 3.8) is 0 Å². The summed E-state index contributed by atoms with van der Waals surface area (Å²) in [7, 11) is 0. The van der Waals surface area contributed by atoms with Gasteiger partial charge in [-0.05, 0) is 55.9 Å². The summed E-state index contributed by atoms with van der Waals surface area (Å²) < 4.78 is 2.23. The Morgan fingerprint density at radius 1 is 1.17 bits per heavy atom. The van der Waals surface area contributed by atoms with Gasteiger partial charge in [-0.25, -0.2) is 4.98 Å². The maximum absolute atomic E-state index is 9.75. The van der Waals surface area contributed by atoms with Gasteiger partial charge in [0.15, 0.2) is 5.65 Å². The second kappa shape index (κ2) is 5.83. The highest BCUT2D eigenvalue weighted by molar-refractivity contribution is 5.86. The fourth-order valence-electron chi connectivity index (χ4n) is 4.02. The smallest absolute Gasteiger partial charge is 0.157 e. The average molecular weight is 318 g/mol. The number of aromatic nitrogens is 2. The van der Waals surface area contributed by atoms with E-state index < -0.39 is 0 Å². The summed E-state index contributed by atoms with van der Waals surface area (Å²) in [4.78, 5) is 7.29. The third kappa shape index (κ3) is 2.08. The summed E-state index contributed by atoms with van der Waals surface area (Å²) in [6.45, 7) is 6.42. The van der Waals surface area contributed by atoms with Crippen molar-refractivity contribution in [1.82, 2.24) is 9.38 Å². The summed E-state index contributed by atoms with van der Waals surface area (Å²) >= 11 is 0. The van der Waals surface area contributed by atoms with E-state index in [1.54, 1.807) is 0 Å². The molecule has 1 aliphatic heterocycles. The number of para-hydroxylation sites is 2. The minimum Gasteiger partial charge on any atom is -0.357 e. The van der Waals surface area contributed by atoms with Crippen LogP contribution in [0, 0.1) is 18.3 Å². The first-order chi connectivity index (χ1) is 11.8. The molecule has 1 aromatic carbocycles. The second-order valence-corrected chi connectivity index (χ2v) is 6.57. The molecule has 0 spiro atoms. The molecule has 0 N–H and O–H groups in total. The van der Waals surface area contributed by atoms with Crippen LogP contribution in [-0.2, 0) is 6.42 Å². The molecular formula is C20H22N4. The van der Waals surface area contributed by atoms with Gasteiger partial charge in [-0.1, -0.05) is 19.1 Å². The number of benzene rings is 1. The number of pyridine rings is 1. The Morgan fingerprint density at radius 2 is 1.92 bits per heavy atom. The number of nitrogens with zero attached hydrogens (tertiary/aromatic N) is 4. The Hall–Kier alpha value is -2.54. The van der Waals surface area contributed by atoms with E-state index >= 15 is 0 Å². The van der Waals surface area contributed by atoms with E-state index in [0.717, 1.165) is 41.8 Å². The zero-order valence-corrected chi connectivity index (χ0v) is 14.3. The van der Waals surface area contributed by atoms with Crippen LogP contribution in [0.3, 0.4) is 0 Å². The molecule has 122 valence electrons. The number of anilines is 1. The van der Waals surface area contributed by atoms with Crippen molar-refractivity contribution in [3.05, 3.63) is 41.0 Å². The fourth-order valence-corrected chi connectivity index (χ4v) is 4.02. The van der Waals surface area contributed by atoms with E-state index in [2.05, 4.69) is 35.3 Å². The number of imidazole rings is 1. The Bertz CT molecular complexity index is 955. The third-order valence-electron chi connectivity index (χ3n) is 5.21. The van der Waals surface area contributed by atoms with Gasteiger partial charge in [0.25, 0.3) is 0 Å². The van der Waals surface area contributed by atoms with Crippen LogP contribution in [0.5, 0.6) is 0 Å². The minimum atomic E-state index is 0.712. The monoisotopic (exact) mass is 318 g/mol. The molecule has 1 fully saturated rings. The highest BCUT2D eigenvalue weighted by Gasteiger charge is 2.24. The van der Waals surface area contributed by atoms with E-state index in [9.17, 15) is 5.26 Å². The molecule has 4 nitrogen and oxygen atoms in total. The number of fused-ring (bicyclic) bond motifs is 3. The Morgan fingerprint density at radius 3 is 2.62 bits per heavy atom. The van der Waals surface area contributed by atoms with Crippen LogP contribution in [0.2, 0.25) is 0 Å². The summed E-state index contributed by atoms with van der Waals surface area (Å²) in [5.74, 6) is 1.25. The number of nitriles is 1. The number of rotatable bonds is 2. The maximum Gasteiger partial charge on any atom is 0.157 e. The summed E-state index contributed by atoms with van der Waals surface area (Å²) in [5.41, 5.74) is 5.93. The molecule has 0 amide bonds. The van der Waals surface area contributed by atoms with E-state index in [0.29, 0.717) is 5.56 Å². The predicted molar refractivity (Wildman–Crippen MR) is 97.6 cm³/mol. The lowest BCUT2D eigenvalue weighted by molar-refractivity contribution is 0.570. The first-order valence-corrected chi connectivity index (χ1v) is 8.84. The molecule has 4 rings (SSSR count). The lowest BCUT2D eigenvalue weighted by Crippen LogP contribution is -2.32. The summed E-state index contributed by atoms with van der Waals surface area (Å²) in [6.07, 6.45) is 4.70.